The Labute approximate surface area is 127 Å². The van der Waals surface area contributed by atoms with E-state index >= 15 is 0 Å². The van der Waals surface area contributed by atoms with Crippen LogP contribution in [0.15, 0.2) is 36.4 Å². The predicted molar refractivity (Wildman–Crippen MR) is 84.2 cm³/mol. The van der Waals surface area contributed by atoms with Gasteiger partial charge in [0.25, 0.3) is 5.69 Å². The molecule has 1 N–H and O–H groups in total. The molecule has 0 saturated heterocycles. The van der Waals surface area contributed by atoms with Gasteiger partial charge in [0, 0.05) is 12.1 Å². The highest BCUT2D eigenvalue weighted by molar-refractivity contribution is 5.90. The highest BCUT2D eigenvalue weighted by Crippen LogP contribution is 2.26. The van der Waals surface area contributed by atoms with Crippen LogP contribution in [0.4, 0.5) is 5.69 Å². The van der Waals surface area contributed by atoms with Crippen molar-refractivity contribution < 1.29 is 10.0 Å². The van der Waals surface area contributed by atoms with Gasteiger partial charge < -0.3 is 5.11 Å². The number of nitro benzene ring substituents is 1. The van der Waals surface area contributed by atoms with Crippen molar-refractivity contribution in [1.82, 2.24) is 0 Å². The van der Waals surface area contributed by atoms with Crippen LogP contribution in [0.1, 0.15) is 22.3 Å². The first-order valence-electron chi connectivity index (χ1n) is 6.59. The SMILES string of the molecule is Cc1cc(/C=C(/C#N)c2ccc([N+](=O)[O-])cc2)cc(C)c1O. The lowest BCUT2D eigenvalue weighted by Crippen LogP contribution is -1.89. The molecule has 0 aliphatic carbocycles. The first-order chi connectivity index (χ1) is 10.4. The fraction of sp³-hybridized carbons (Fsp3) is 0.118. The molecule has 0 saturated carbocycles. The van der Waals surface area contributed by atoms with Crippen LogP contribution in [0, 0.1) is 35.3 Å². The number of nitriles is 1. The number of hydrogen-bond acceptors (Lipinski definition) is 4. The number of aromatic hydroxyl groups is 1. The van der Waals surface area contributed by atoms with Crippen molar-refractivity contribution in [2.24, 2.45) is 0 Å². The fourth-order valence-electron chi connectivity index (χ4n) is 2.18. The van der Waals surface area contributed by atoms with Crippen molar-refractivity contribution in [2.75, 3.05) is 0 Å². The van der Waals surface area contributed by atoms with Gasteiger partial charge in [-0.15, -0.1) is 0 Å². The van der Waals surface area contributed by atoms with Gasteiger partial charge in [0.05, 0.1) is 16.6 Å². The molecule has 0 heterocycles. The standard InChI is InChI=1S/C17H14N2O3/c1-11-7-13(8-12(2)17(11)20)9-15(10-18)14-3-5-16(6-4-14)19(21)22/h3-9,20H,1-2H3/b15-9-. The molecule has 0 aromatic heterocycles. The number of hydrogen-bond donors (Lipinski definition) is 1. The van der Waals surface area contributed by atoms with Crippen molar-refractivity contribution in [1.29, 1.82) is 5.26 Å². The van der Waals surface area contributed by atoms with Crippen LogP contribution in [-0.4, -0.2) is 10.0 Å². The Morgan fingerprint density at radius 1 is 1.23 bits per heavy atom. The molecule has 5 heteroatoms. The number of non-ortho nitro benzene ring substituents is 1. The molecular weight excluding hydrogens is 280 g/mol. The predicted octanol–water partition coefficient (Wildman–Crippen LogP) is 3.98. The van der Waals surface area contributed by atoms with Gasteiger partial charge in [-0.25, -0.2) is 0 Å². The molecule has 22 heavy (non-hydrogen) atoms. The van der Waals surface area contributed by atoms with E-state index in [1.807, 2.05) is 0 Å². The smallest absolute Gasteiger partial charge is 0.269 e. The zero-order valence-electron chi connectivity index (χ0n) is 12.2. The lowest BCUT2D eigenvalue weighted by Gasteiger charge is -2.06. The van der Waals surface area contributed by atoms with E-state index in [-0.39, 0.29) is 11.4 Å². The van der Waals surface area contributed by atoms with Gasteiger partial charge in [-0.3, -0.25) is 10.1 Å². The van der Waals surface area contributed by atoms with Gasteiger partial charge in [0.15, 0.2) is 0 Å². The summed E-state index contributed by atoms with van der Waals surface area (Å²) >= 11 is 0. The van der Waals surface area contributed by atoms with E-state index in [2.05, 4.69) is 6.07 Å². The maximum atomic E-state index is 10.7. The third-order valence-corrected chi connectivity index (χ3v) is 3.33. The minimum Gasteiger partial charge on any atom is -0.507 e. The van der Waals surface area contributed by atoms with Gasteiger partial charge in [-0.1, -0.05) is 0 Å². The third kappa shape index (κ3) is 3.13. The monoisotopic (exact) mass is 294 g/mol. The Hall–Kier alpha value is -3.13. The highest BCUT2D eigenvalue weighted by atomic mass is 16.6. The van der Waals surface area contributed by atoms with Crippen molar-refractivity contribution in [3.63, 3.8) is 0 Å². The van der Waals surface area contributed by atoms with E-state index in [0.717, 1.165) is 16.7 Å². The molecule has 0 radical (unpaired) electrons. The van der Waals surface area contributed by atoms with Crippen LogP contribution in [-0.2, 0) is 0 Å². The van der Waals surface area contributed by atoms with Gasteiger partial charge in [0.2, 0.25) is 0 Å². The normalized spacial score (nSPS) is 11.0. The zero-order chi connectivity index (χ0) is 16.3. The molecule has 0 fully saturated rings. The van der Waals surface area contributed by atoms with E-state index in [0.29, 0.717) is 11.1 Å². The van der Waals surface area contributed by atoms with Gasteiger partial charge in [-0.05, 0) is 66.4 Å². The quantitative estimate of drug-likeness (QED) is 0.401. The maximum absolute atomic E-state index is 10.7. The molecule has 0 unspecified atom stereocenters. The van der Waals surface area contributed by atoms with Crippen molar-refractivity contribution in [3.8, 4) is 11.8 Å². The lowest BCUT2D eigenvalue weighted by atomic mass is 10.0. The van der Waals surface area contributed by atoms with E-state index in [4.69, 9.17) is 0 Å². The maximum Gasteiger partial charge on any atom is 0.269 e. The fourth-order valence-corrected chi connectivity index (χ4v) is 2.18. The molecule has 0 amide bonds. The Morgan fingerprint density at radius 3 is 2.23 bits per heavy atom. The van der Waals surface area contributed by atoms with Crippen LogP contribution in [0.2, 0.25) is 0 Å². The summed E-state index contributed by atoms with van der Waals surface area (Å²) in [5.41, 5.74) is 3.25. The number of nitrogens with zero attached hydrogens (tertiary/aromatic N) is 2. The van der Waals surface area contributed by atoms with Crippen molar-refractivity contribution in [2.45, 2.75) is 13.8 Å². The second-order valence-electron chi connectivity index (χ2n) is 4.98. The Kier molecular flexibility index (Phi) is 4.23. The first kappa shape index (κ1) is 15.3. The second kappa shape index (κ2) is 6.10. The highest BCUT2D eigenvalue weighted by Gasteiger charge is 2.08. The van der Waals surface area contributed by atoms with Crippen LogP contribution in [0.5, 0.6) is 5.75 Å². The van der Waals surface area contributed by atoms with E-state index in [9.17, 15) is 20.5 Å². The molecule has 0 aliphatic rings. The largest absolute Gasteiger partial charge is 0.507 e. The summed E-state index contributed by atoms with van der Waals surface area (Å²) in [5, 5.41) is 29.7. The minimum atomic E-state index is -0.480. The third-order valence-electron chi connectivity index (χ3n) is 3.33. The lowest BCUT2D eigenvalue weighted by molar-refractivity contribution is -0.384. The van der Waals surface area contributed by atoms with Crippen LogP contribution >= 0.6 is 0 Å². The van der Waals surface area contributed by atoms with E-state index in [1.165, 1.54) is 12.1 Å². The van der Waals surface area contributed by atoms with Crippen LogP contribution < -0.4 is 0 Å². The summed E-state index contributed by atoms with van der Waals surface area (Å²) in [6, 6.07) is 11.5. The summed E-state index contributed by atoms with van der Waals surface area (Å²) < 4.78 is 0. The zero-order valence-corrected chi connectivity index (χ0v) is 12.2. The topological polar surface area (TPSA) is 87.2 Å². The molecule has 5 nitrogen and oxygen atoms in total. The molecule has 2 aromatic rings. The summed E-state index contributed by atoms with van der Waals surface area (Å²) in [7, 11) is 0. The molecule has 0 bridgehead atoms. The summed E-state index contributed by atoms with van der Waals surface area (Å²) in [4.78, 5) is 10.2. The van der Waals surface area contributed by atoms with E-state index in [1.54, 1.807) is 44.2 Å². The van der Waals surface area contributed by atoms with E-state index < -0.39 is 4.92 Å². The molecule has 0 spiro atoms. The average Bonchev–Trinajstić information content (AvgIpc) is 2.50. The number of aryl methyl sites for hydroxylation is 2. The van der Waals surface area contributed by atoms with Crippen molar-refractivity contribution >= 4 is 17.3 Å². The van der Waals surface area contributed by atoms with Crippen molar-refractivity contribution in [3.05, 3.63) is 68.8 Å². The second-order valence-corrected chi connectivity index (χ2v) is 4.98. The minimum absolute atomic E-state index is 0.0163. The Morgan fingerprint density at radius 2 is 1.77 bits per heavy atom. The number of rotatable bonds is 3. The molecule has 110 valence electrons. The summed E-state index contributed by atoms with van der Waals surface area (Å²) in [6.07, 6.45) is 1.70. The number of allylic oxidation sites excluding steroid dienone is 1. The Bertz CT molecular complexity index is 777. The molecule has 0 atom stereocenters. The van der Waals surface area contributed by atoms with Crippen LogP contribution in [0.25, 0.3) is 11.6 Å². The van der Waals surface area contributed by atoms with Gasteiger partial charge in [-0.2, -0.15) is 5.26 Å². The first-order valence-corrected chi connectivity index (χ1v) is 6.59. The average molecular weight is 294 g/mol. The molecule has 0 aliphatic heterocycles. The van der Waals surface area contributed by atoms with Crippen LogP contribution in [0.3, 0.4) is 0 Å². The number of phenolic OH excluding ortho intramolecular Hbond substituents is 1. The molecular formula is C17H14N2O3. The number of nitro groups is 1. The number of benzene rings is 2. The molecule has 2 rings (SSSR count). The van der Waals surface area contributed by atoms with Gasteiger partial charge >= 0.3 is 0 Å². The van der Waals surface area contributed by atoms with Gasteiger partial charge in [0.1, 0.15) is 5.75 Å². The Balaban J connectivity index is 2.44. The molecule has 2 aromatic carbocycles. The number of phenols is 1. The summed E-state index contributed by atoms with van der Waals surface area (Å²) in [6.45, 7) is 3.58. The summed E-state index contributed by atoms with van der Waals surface area (Å²) in [5.74, 6) is 0.242.